The van der Waals surface area contributed by atoms with Crippen LogP contribution >= 0.6 is 15.9 Å². The van der Waals surface area contributed by atoms with Crippen LogP contribution in [0.1, 0.15) is 105 Å². The Labute approximate surface area is 240 Å². The van der Waals surface area contributed by atoms with Crippen LogP contribution in [-0.2, 0) is 6.54 Å². The van der Waals surface area contributed by atoms with Gasteiger partial charge in [0.15, 0.2) is 0 Å². The average Bonchev–Trinajstić information content (AvgIpc) is 3.31. The molecule has 0 aliphatic heterocycles. The predicted octanol–water partition coefficient (Wildman–Crippen LogP) is 4.50. The molecule has 0 saturated carbocycles. The van der Waals surface area contributed by atoms with Gasteiger partial charge in [0.25, 0.3) is 0 Å². The first-order chi connectivity index (χ1) is 15.6. The van der Waals surface area contributed by atoms with E-state index >= 15 is 0 Å². The summed E-state index contributed by atoms with van der Waals surface area (Å²) in [5.41, 5.74) is 13.5. The molecular weight excluding hydrogens is 507 g/mol. The van der Waals surface area contributed by atoms with Crippen molar-refractivity contribution in [1.82, 2.24) is 15.0 Å². The van der Waals surface area contributed by atoms with E-state index in [0.717, 1.165) is 6.54 Å². The van der Waals surface area contributed by atoms with Crippen LogP contribution in [0.3, 0.4) is 0 Å². The van der Waals surface area contributed by atoms with Gasteiger partial charge in [-0.3, -0.25) is 9.59 Å². The largest absolute Gasteiger partial charge is 1.00 e. The van der Waals surface area contributed by atoms with Gasteiger partial charge in [0.1, 0.15) is 6.61 Å². The molecule has 1 heterocycles. The summed E-state index contributed by atoms with van der Waals surface area (Å²) in [6.07, 6.45) is 24.6. The zero-order valence-electron chi connectivity index (χ0n) is 21.5. The summed E-state index contributed by atoms with van der Waals surface area (Å²) >= 11 is 3.42. The van der Waals surface area contributed by atoms with E-state index in [2.05, 4.69) is 46.5 Å². The fourth-order valence-corrected chi connectivity index (χ4v) is 2.68. The standard InChI is InChI=1S/C10H19N3.C8H17Br.C3H4O.C2H6O.CH4.N3.Na/c1-2-3-4-5-6-7-9-13-10-8-11-12-13;1-2-3-4-5-6-7-8-9;1-2-3-4;1-2-3;;1-3-2;/h8,10H,2-7,9H2,1H3;2-8H2,1H3;1,4H,3H2;3H,2H2,1H3;1H4;;/q;;;;;-1;+1. The molecule has 1 aromatic rings. The molecule has 0 aliphatic carbocycles. The number of aromatic nitrogens is 3. The third kappa shape index (κ3) is 63.4. The number of hydrogen-bond donors (Lipinski definition) is 2. The molecule has 10 heteroatoms. The maximum Gasteiger partial charge on any atom is 1.00 e. The maximum atomic E-state index is 7.64. The molecule has 0 amide bonds. The summed E-state index contributed by atoms with van der Waals surface area (Å²) < 4.78 is 1.90. The van der Waals surface area contributed by atoms with Crippen LogP contribution in [0, 0.1) is 12.3 Å². The topological polar surface area (TPSA) is 130 Å². The molecule has 8 nitrogen and oxygen atoms in total. The molecule has 2 N–H and O–H groups in total. The Balaban J connectivity index is -0.0000000818. The average molecular weight is 558 g/mol. The van der Waals surface area contributed by atoms with E-state index in [9.17, 15) is 0 Å². The molecule has 0 fully saturated rings. The van der Waals surface area contributed by atoms with E-state index in [1.807, 2.05) is 16.8 Å². The molecule has 0 unspecified atom stereocenters. The van der Waals surface area contributed by atoms with Crippen LogP contribution in [0.4, 0.5) is 0 Å². The fraction of sp³-hybridized carbons (Fsp3) is 0.833. The first kappa shape index (κ1) is 46.7. The second-order valence-electron chi connectivity index (χ2n) is 6.66. The molecule has 34 heavy (non-hydrogen) atoms. The number of nitrogens with zero attached hydrogens (tertiary/aromatic N) is 6. The van der Waals surface area contributed by atoms with Crippen LogP contribution in [0.2, 0.25) is 0 Å². The van der Waals surface area contributed by atoms with Crippen molar-refractivity contribution >= 4 is 15.9 Å². The van der Waals surface area contributed by atoms with Crippen molar-refractivity contribution in [3.05, 3.63) is 28.4 Å². The van der Waals surface area contributed by atoms with Crippen LogP contribution in [0.5, 0.6) is 0 Å². The van der Waals surface area contributed by atoms with Crippen LogP contribution in [-0.4, -0.2) is 43.8 Å². The van der Waals surface area contributed by atoms with Crippen LogP contribution in [0.25, 0.3) is 16.0 Å². The number of rotatable bonds is 13. The van der Waals surface area contributed by atoms with E-state index in [0.29, 0.717) is 0 Å². The molecule has 1 aromatic heterocycles. The Morgan fingerprint density at radius 1 is 0.912 bits per heavy atom. The minimum Gasteiger partial charge on any atom is -0.397 e. The van der Waals surface area contributed by atoms with E-state index < -0.39 is 0 Å². The van der Waals surface area contributed by atoms with Gasteiger partial charge in [0.05, 0.1) is 6.20 Å². The smallest absolute Gasteiger partial charge is 0.397 e. The number of halogens is 1. The molecule has 0 radical (unpaired) electrons. The quantitative estimate of drug-likeness (QED) is 0.0704. The molecule has 0 atom stereocenters. The fourth-order valence-electron chi connectivity index (χ4n) is 2.28. The molecular formula is C24H50BrN6NaO2. The van der Waals surface area contributed by atoms with Crippen molar-refractivity contribution in [2.75, 3.05) is 18.5 Å². The number of aryl methyl sites for hydroxylation is 1. The SMILES string of the molecule is C.C#CCO.CCCCCCCCBr.CCCCCCCCn1ccnn1.CCO.[N-]=[N+]=[N-].[Na+]. The molecule has 0 aromatic carbocycles. The zero-order chi connectivity index (χ0) is 25.1. The summed E-state index contributed by atoms with van der Waals surface area (Å²) in [5, 5.41) is 24.1. The third-order valence-corrected chi connectivity index (χ3v) is 4.35. The van der Waals surface area contributed by atoms with Gasteiger partial charge in [-0.15, -0.1) is 11.5 Å². The van der Waals surface area contributed by atoms with Crippen molar-refractivity contribution in [3.8, 4) is 12.3 Å². The van der Waals surface area contributed by atoms with Crippen LogP contribution in [0.15, 0.2) is 12.4 Å². The first-order valence-corrected chi connectivity index (χ1v) is 12.8. The summed E-state index contributed by atoms with van der Waals surface area (Å²) in [5.74, 6) is 1.99. The monoisotopic (exact) mass is 556 g/mol. The van der Waals surface area contributed by atoms with E-state index in [1.54, 1.807) is 13.1 Å². The minimum atomic E-state index is -0.153. The minimum absolute atomic E-state index is 0. The van der Waals surface area contributed by atoms with Crippen LogP contribution < -0.4 is 29.6 Å². The Morgan fingerprint density at radius 3 is 1.62 bits per heavy atom. The van der Waals surface area contributed by atoms with E-state index in [4.69, 9.17) is 21.3 Å². The Hall–Kier alpha value is -0.590. The predicted molar refractivity (Wildman–Crippen MR) is 146 cm³/mol. The normalized spacial score (nSPS) is 8.03. The summed E-state index contributed by atoms with van der Waals surface area (Å²) in [6.45, 7) is 7.30. The van der Waals surface area contributed by atoms with Crippen molar-refractivity contribution in [1.29, 1.82) is 0 Å². The van der Waals surface area contributed by atoms with Crippen molar-refractivity contribution < 1.29 is 39.8 Å². The summed E-state index contributed by atoms with van der Waals surface area (Å²) in [7, 11) is 0. The van der Waals surface area contributed by atoms with Gasteiger partial charge >= 0.3 is 29.6 Å². The molecule has 1 rings (SSSR count). The van der Waals surface area contributed by atoms with Gasteiger partial charge in [-0.1, -0.05) is 113 Å². The second kappa shape index (κ2) is 53.7. The number of alkyl halides is 1. The Kier molecular flexibility index (Phi) is 73.7. The first-order valence-electron chi connectivity index (χ1n) is 11.6. The number of unbranched alkanes of at least 4 members (excludes halogenated alkanes) is 10. The molecule has 0 spiro atoms. The van der Waals surface area contributed by atoms with Gasteiger partial charge in [-0.2, -0.15) is 0 Å². The number of terminal acetylenes is 1. The van der Waals surface area contributed by atoms with E-state index in [1.165, 1.54) is 87.3 Å². The molecule has 196 valence electrons. The summed E-state index contributed by atoms with van der Waals surface area (Å²) in [4.78, 5) is 1.50. The third-order valence-electron chi connectivity index (χ3n) is 3.79. The van der Waals surface area contributed by atoms with Gasteiger partial charge in [-0.05, 0) is 19.8 Å². The van der Waals surface area contributed by atoms with Gasteiger partial charge in [0, 0.05) is 24.7 Å². The number of aliphatic hydroxyl groups is 2. The van der Waals surface area contributed by atoms with Crippen molar-refractivity contribution in [3.63, 3.8) is 0 Å². The van der Waals surface area contributed by atoms with Gasteiger partial charge in [-0.25, -0.2) is 0 Å². The maximum absolute atomic E-state index is 7.64. The van der Waals surface area contributed by atoms with Gasteiger partial charge in [0.2, 0.25) is 0 Å². The molecule has 0 bridgehead atoms. The van der Waals surface area contributed by atoms with Crippen molar-refractivity contribution in [2.24, 2.45) is 0 Å². The molecule has 0 saturated heterocycles. The van der Waals surface area contributed by atoms with Crippen molar-refractivity contribution in [2.45, 2.75) is 112 Å². The summed E-state index contributed by atoms with van der Waals surface area (Å²) in [6, 6.07) is 0. The number of aliphatic hydroxyl groups excluding tert-OH is 2. The Bertz CT molecular complexity index is 476. The van der Waals surface area contributed by atoms with E-state index in [-0.39, 0.29) is 50.2 Å². The van der Waals surface area contributed by atoms with Gasteiger partial charge < -0.3 is 21.3 Å². The molecule has 0 aliphatic rings. The second-order valence-corrected chi connectivity index (χ2v) is 7.45. The zero-order valence-corrected chi connectivity index (χ0v) is 25.1. The Morgan fingerprint density at radius 2 is 1.29 bits per heavy atom. The number of hydrogen-bond acceptors (Lipinski definition) is 4.